The number of hydrogen-bond acceptors (Lipinski definition) is 0. The molecule has 0 aromatic rings. The lowest BCUT2D eigenvalue weighted by Gasteiger charge is -2.15. The summed E-state index contributed by atoms with van der Waals surface area (Å²) in [5.41, 5.74) is 0.833. The topological polar surface area (TPSA) is 0 Å². The number of hydrogen-bond donors (Lipinski definition) is 0. The van der Waals surface area contributed by atoms with E-state index in [4.69, 9.17) is 0 Å². The Morgan fingerprint density at radius 2 is 2.10 bits per heavy atom. The van der Waals surface area contributed by atoms with Crippen LogP contribution in [0.3, 0.4) is 0 Å². The molecule has 2 aliphatic rings. The van der Waals surface area contributed by atoms with Gasteiger partial charge in [-0.05, 0) is 42.4 Å². The molecule has 0 aliphatic heterocycles. The van der Waals surface area contributed by atoms with E-state index in [9.17, 15) is 0 Å². The molecule has 0 heterocycles. The lowest BCUT2D eigenvalue weighted by atomic mass is 9.90. The molecule has 0 amide bonds. The first-order valence-corrected chi connectivity index (χ1v) is 4.67. The molecular formula is C10H18. The van der Waals surface area contributed by atoms with Crippen molar-refractivity contribution in [1.29, 1.82) is 0 Å². The van der Waals surface area contributed by atoms with Gasteiger partial charge in [0.2, 0.25) is 0 Å². The van der Waals surface area contributed by atoms with E-state index < -0.39 is 0 Å². The molecule has 0 radical (unpaired) electrons. The molecule has 0 spiro atoms. The normalized spacial score (nSPS) is 51.6. The zero-order chi connectivity index (χ0) is 7.35. The van der Waals surface area contributed by atoms with Crippen molar-refractivity contribution in [2.24, 2.45) is 23.2 Å². The van der Waals surface area contributed by atoms with Crippen LogP contribution in [0.1, 0.15) is 40.0 Å². The second-order valence-electron chi connectivity index (χ2n) is 4.71. The van der Waals surface area contributed by atoms with Crippen molar-refractivity contribution in [3.8, 4) is 0 Å². The van der Waals surface area contributed by atoms with E-state index in [0.29, 0.717) is 0 Å². The van der Waals surface area contributed by atoms with E-state index in [1.165, 1.54) is 12.8 Å². The van der Waals surface area contributed by atoms with Gasteiger partial charge in [0.25, 0.3) is 0 Å². The van der Waals surface area contributed by atoms with Crippen LogP contribution < -0.4 is 0 Å². The molecule has 10 heavy (non-hydrogen) atoms. The Labute approximate surface area is 64.0 Å². The van der Waals surface area contributed by atoms with E-state index in [1.807, 2.05) is 0 Å². The average Bonchev–Trinajstić information content (AvgIpc) is 2.52. The fourth-order valence-electron chi connectivity index (χ4n) is 3.06. The fourth-order valence-corrected chi connectivity index (χ4v) is 3.06. The minimum atomic E-state index is 0.833. The van der Waals surface area contributed by atoms with E-state index in [1.54, 1.807) is 6.42 Å². The van der Waals surface area contributed by atoms with E-state index in [0.717, 1.165) is 23.2 Å². The van der Waals surface area contributed by atoms with Gasteiger partial charge in [0.05, 0.1) is 0 Å². The number of rotatable bonds is 1. The summed E-state index contributed by atoms with van der Waals surface area (Å²) < 4.78 is 0. The Bertz CT molecular complexity index is 148. The zero-order valence-corrected chi connectivity index (χ0v) is 7.35. The summed E-state index contributed by atoms with van der Waals surface area (Å²) in [5.74, 6) is 3.11. The van der Waals surface area contributed by atoms with Gasteiger partial charge in [-0.25, -0.2) is 0 Å². The molecule has 1 unspecified atom stereocenters. The highest BCUT2D eigenvalue weighted by molar-refractivity contribution is 5.10. The van der Waals surface area contributed by atoms with Crippen molar-refractivity contribution >= 4 is 0 Å². The van der Waals surface area contributed by atoms with Crippen molar-refractivity contribution < 1.29 is 0 Å². The van der Waals surface area contributed by atoms with Crippen molar-refractivity contribution in [3.63, 3.8) is 0 Å². The SMILES string of the molecule is CC(C)[C@]12CC[C@H](C)C1C2. The summed E-state index contributed by atoms with van der Waals surface area (Å²) in [6.45, 7) is 7.23. The molecular weight excluding hydrogens is 120 g/mol. The van der Waals surface area contributed by atoms with Gasteiger partial charge in [0, 0.05) is 0 Å². The summed E-state index contributed by atoms with van der Waals surface area (Å²) in [5, 5.41) is 0. The quantitative estimate of drug-likeness (QED) is 0.522. The largest absolute Gasteiger partial charge is 0.0622 e. The van der Waals surface area contributed by atoms with E-state index >= 15 is 0 Å². The zero-order valence-electron chi connectivity index (χ0n) is 7.35. The Morgan fingerprint density at radius 1 is 1.40 bits per heavy atom. The predicted octanol–water partition coefficient (Wildman–Crippen LogP) is 3.08. The lowest BCUT2D eigenvalue weighted by Crippen LogP contribution is -2.07. The Morgan fingerprint density at radius 3 is 2.30 bits per heavy atom. The third kappa shape index (κ3) is 0.627. The van der Waals surface area contributed by atoms with Crippen molar-refractivity contribution in [3.05, 3.63) is 0 Å². The predicted molar refractivity (Wildman–Crippen MR) is 43.8 cm³/mol. The highest BCUT2D eigenvalue weighted by Crippen LogP contribution is 2.69. The van der Waals surface area contributed by atoms with Crippen molar-refractivity contribution in [2.45, 2.75) is 40.0 Å². The second kappa shape index (κ2) is 1.78. The average molecular weight is 138 g/mol. The highest BCUT2D eigenvalue weighted by Gasteiger charge is 2.61. The third-order valence-corrected chi connectivity index (χ3v) is 4.08. The minimum Gasteiger partial charge on any atom is -0.0622 e. The van der Waals surface area contributed by atoms with E-state index in [2.05, 4.69) is 20.8 Å². The highest BCUT2D eigenvalue weighted by atomic mass is 14.7. The summed E-state index contributed by atoms with van der Waals surface area (Å²) in [6, 6.07) is 0. The Kier molecular flexibility index (Phi) is 1.19. The molecule has 2 saturated carbocycles. The molecule has 3 atom stereocenters. The molecule has 0 aromatic carbocycles. The molecule has 0 nitrogen and oxygen atoms in total. The molecule has 2 rings (SSSR count). The van der Waals surface area contributed by atoms with Gasteiger partial charge < -0.3 is 0 Å². The van der Waals surface area contributed by atoms with Gasteiger partial charge in [-0.1, -0.05) is 20.8 Å². The van der Waals surface area contributed by atoms with Crippen LogP contribution in [0.2, 0.25) is 0 Å². The van der Waals surface area contributed by atoms with Gasteiger partial charge in [0.15, 0.2) is 0 Å². The molecule has 0 bridgehead atoms. The van der Waals surface area contributed by atoms with Gasteiger partial charge in [-0.2, -0.15) is 0 Å². The maximum Gasteiger partial charge on any atom is -0.0240 e. The summed E-state index contributed by atoms with van der Waals surface area (Å²) >= 11 is 0. The standard InChI is InChI=1S/C10H18/c1-7(2)10-5-4-8(3)9(10)6-10/h7-9H,4-6H2,1-3H3/t8-,9?,10+/m0/s1. The molecule has 0 N–H and O–H groups in total. The number of fused-ring (bicyclic) bond motifs is 1. The minimum absolute atomic E-state index is 0.833. The smallest absolute Gasteiger partial charge is 0.0240 e. The summed E-state index contributed by atoms with van der Waals surface area (Å²) in [7, 11) is 0. The van der Waals surface area contributed by atoms with E-state index in [-0.39, 0.29) is 0 Å². The third-order valence-electron chi connectivity index (χ3n) is 4.08. The van der Waals surface area contributed by atoms with Crippen LogP contribution in [-0.4, -0.2) is 0 Å². The van der Waals surface area contributed by atoms with Crippen LogP contribution in [0.4, 0.5) is 0 Å². The molecule has 0 saturated heterocycles. The van der Waals surface area contributed by atoms with Crippen LogP contribution in [0, 0.1) is 23.2 Å². The summed E-state index contributed by atoms with van der Waals surface area (Å²) in [4.78, 5) is 0. The molecule has 2 fully saturated rings. The van der Waals surface area contributed by atoms with Gasteiger partial charge >= 0.3 is 0 Å². The van der Waals surface area contributed by atoms with Crippen molar-refractivity contribution in [2.75, 3.05) is 0 Å². The molecule has 58 valence electrons. The monoisotopic (exact) mass is 138 g/mol. The maximum atomic E-state index is 2.43. The van der Waals surface area contributed by atoms with Crippen LogP contribution in [-0.2, 0) is 0 Å². The first-order chi connectivity index (χ1) is 4.67. The first kappa shape index (κ1) is 6.69. The molecule has 2 aliphatic carbocycles. The van der Waals surface area contributed by atoms with Crippen LogP contribution in [0.5, 0.6) is 0 Å². The van der Waals surface area contributed by atoms with Gasteiger partial charge in [-0.15, -0.1) is 0 Å². The lowest BCUT2D eigenvalue weighted by molar-refractivity contribution is 0.342. The first-order valence-electron chi connectivity index (χ1n) is 4.67. The maximum absolute atomic E-state index is 2.43. The fraction of sp³-hybridized carbons (Fsp3) is 1.00. The van der Waals surface area contributed by atoms with Gasteiger partial charge in [0.1, 0.15) is 0 Å². The molecule has 0 heteroatoms. The Hall–Kier alpha value is 0. The van der Waals surface area contributed by atoms with Gasteiger partial charge in [-0.3, -0.25) is 0 Å². The van der Waals surface area contributed by atoms with Crippen LogP contribution in [0.15, 0.2) is 0 Å². The molecule has 0 aromatic heterocycles. The van der Waals surface area contributed by atoms with Crippen LogP contribution in [0.25, 0.3) is 0 Å². The Balaban J connectivity index is 2.11. The van der Waals surface area contributed by atoms with Crippen LogP contribution >= 0.6 is 0 Å². The van der Waals surface area contributed by atoms with Crippen molar-refractivity contribution in [1.82, 2.24) is 0 Å². The summed E-state index contributed by atoms with van der Waals surface area (Å²) in [6.07, 6.45) is 4.57. The second-order valence-corrected chi connectivity index (χ2v) is 4.71.